The molecule has 2 nitrogen and oxygen atoms in total. The predicted molar refractivity (Wildman–Crippen MR) is 57.0 cm³/mol. The molecule has 1 aromatic rings. The van der Waals surface area contributed by atoms with Gasteiger partial charge in [0.15, 0.2) is 0 Å². The second-order valence-corrected chi connectivity index (χ2v) is 4.29. The molecule has 1 aliphatic carbocycles. The Hall–Kier alpha value is -0.860. The van der Waals surface area contributed by atoms with Crippen LogP contribution in [0.15, 0.2) is 18.2 Å². The summed E-state index contributed by atoms with van der Waals surface area (Å²) < 4.78 is 0. The van der Waals surface area contributed by atoms with Gasteiger partial charge in [0.2, 0.25) is 0 Å². The molecule has 0 spiro atoms. The number of aliphatic hydroxyl groups excluding tert-OH is 1. The molecule has 0 aliphatic heterocycles. The summed E-state index contributed by atoms with van der Waals surface area (Å²) in [4.78, 5) is 0. The smallest absolute Gasteiger partial charge is 0.0912 e. The second-order valence-electron chi connectivity index (χ2n) is 4.29. The standard InChI is InChI=1S/C12H17NO/c1-8-4-9-2-3-10(12(14)7-13)6-11(9)5-8/h2-3,6,8,12,14H,4-5,7,13H2,1H3. The Balaban J connectivity index is 2.28. The average Bonchev–Trinajstić information content (AvgIpc) is 2.55. The number of rotatable bonds is 2. The fraction of sp³-hybridized carbons (Fsp3) is 0.500. The minimum Gasteiger partial charge on any atom is -0.387 e. The SMILES string of the molecule is CC1Cc2ccc(C(O)CN)cc2C1. The molecule has 1 aromatic carbocycles. The van der Waals surface area contributed by atoms with Crippen LogP contribution in [0.2, 0.25) is 0 Å². The fourth-order valence-corrected chi connectivity index (χ4v) is 2.20. The summed E-state index contributed by atoms with van der Waals surface area (Å²) in [6.07, 6.45) is 1.81. The van der Waals surface area contributed by atoms with Gasteiger partial charge in [-0.05, 0) is 35.4 Å². The first-order chi connectivity index (χ1) is 6.70. The number of hydrogen-bond donors (Lipinski definition) is 2. The van der Waals surface area contributed by atoms with Crippen LogP contribution in [0.3, 0.4) is 0 Å². The van der Waals surface area contributed by atoms with Crippen LogP contribution in [0, 0.1) is 5.92 Å². The van der Waals surface area contributed by atoms with Crippen molar-refractivity contribution < 1.29 is 5.11 Å². The lowest BCUT2D eigenvalue weighted by Crippen LogP contribution is -2.11. The molecule has 0 bridgehead atoms. The first-order valence-corrected chi connectivity index (χ1v) is 5.20. The van der Waals surface area contributed by atoms with Gasteiger partial charge in [-0.25, -0.2) is 0 Å². The van der Waals surface area contributed by atoms with E-state index in [2.05, 4.69) is 19.1 Å². The van der Waals surface area contributed by atoms with Crippen LogP contribution in [-0.4, -0.2) is 11.7 Å². The van der Waals surface area contributed by atoms with Gasteiger partial charge >= 0.3 is 0 Å². The van der Waals surface area contributed by atoms with Gasteiger partial charge in [-0.3, -0.25) is 0 Å². The topological polar surface area (TPSA) is 46.2 Å². The van der Waals surface area contributed by atoms with Crippen molar-refractivity contribution in [2.45, 2.75) is 25.9 Å². The van der Waals surface area contributed by atoms with Gasteiger partial charge in [0, 0.05) is 6.54 Å². The molecular weight excluding hydrogens is 174 g/mol. The Labute approximate surface area is 84.7 Å². The van der Waals surface area contributed by atoms with E-state index in [1.165, 1.54) is 17.5 Å². The highest BCUT2D eigenvalue weighted by Crippen LogP contribution is 2.28. The first kappa shape index (κ1) is 9.69. The van der Waals surface area contributed by atoms with Crippen molar-refractivity contribution in [2.75, 3.05) is 6.54 Å². The number of hydrogen-bond acceptors (Lipinski definition) is 2. The third-order valence-electron chi connectivity index (χ3n) is 2.98. The molecule has 14 heavy (non-hydrogen) atoms. The maximum atomic E-state index is 9.60. The zero-order valence-electron chi connectivity index (χ0n) is 8.53. The number of benzene rings is 1. The Morgan fingerprint density at radius 1 is 1.43 bits per heavy atom. The summed E-state index contributed by atoms with van der Waals surface area (Å²) in [5.74, 6) is 0.746. The molecule has 2 heteroatoms. The molecule has 0 saturated heterocycles. The highest BCUT2D eigenvalue weighted by Gasteiger charge is 2.18. The quantitative estimate of drug-likeness (QED) is 0.742. The number of aliphatic hydroxyl groups is 1. The zero-order chi connectivity index (χ0) is 10.1. The lowest BCUT2D eigenvalue weighted by Gasteiger charge is -2.09. The molecule has 76 valence electrons. The summed E-state index contributed by atoms with van der Waals surface area (Å²) in [5.41, 5.74) is 9.21. The number of fused-ring (bicyclic) bond motifs is 1. The van der Waals surface area contributed by atoms with E-state index in [-0.39, 0.29) is 0 Å². The van der Waals surface area contributed by atoms with Gasteiger partial charge in [0.05, 0.1) is 6.10 Å². The third-order valence-corrected chi connectivity index (χ3v) is 2.98. The summed E-state index contributed by atoms with van der Waals surface area (Å²) in [5, 5.41) is 9.60. The van der Waals surface area contributed by atoms with Gasteiger partial charge in [0.25, 0.3) is 0 Å². The van der Waals surface area contributed by atoms with Crippen molar-refractivity contribution in [1.82, 2.24) is 0 Å². The van der Waals surface area contributed by atoms with E-state index in [0.717, 1.165) is 17.9 Å². The average molecular weight is 191 g/mol. The number of nitrogens with two attached hydrogens (primary N) is 1. The van der Waals surface area contributed by atoms with Crippen molar-refractivity contribution >= 4 is 0 Å². The van der Waals surface area contributed by atoms with E-state index in [1.54, 1.807) is 0 Å². The second kappa shape index (κ2) is 3.71. The highest BCUT2D eigenvalue weighted by atomic mass is 16.3. The van der Waals surface area contributed by atoms with Crippen molar-refractivity contribution in [1.29, 1.82) is 0 Å². The normalized spacial score (nSPS) is 22.1. The Kier molecular flexibility index (Phi) is 2.57. The van der Waals surface area contributed by atoms with Crippen LogP contribution >= 0.6 is 0 Å². The van der Waals surface area contributed by atoms with E-state index < -0.39 is 6.10 Å². The summed E-state index contributed by atoms with van der Waals surface area (Å²) in [6, 6.07) is 6.23. The van der Waals surface area contributed by atoms with Crippen LogP contribution < -0.4 is 5.73 Å². The molecular formula is C12H17NO. The molecule has 0 heterocycles. The van der Waals surface area contributed by atoms with Gasteiger partial charge in [-0.1, -0.05) is 25.1 Å². The molecule has 2 rings (SSSR count). The van der Waals surface area contributed by atoms with Crippen molar-refractivity contribution in [3.8, 4) is 0 Å². The molecule has 3 N–H and O–H groups in total. The highest BCUT2D eigenvalue weighted by molar-refractivity contribution is 5.36. The van der Waals surface area contributed by atoms with Crippen LogP contribution in [0.4, 0.5) is 0 Å². The molecule has 0 radical (unpaired) electrons. The largest absolute Gasteiger partial charge is 0.387 e. The van der Waals surface area contributed by atoms with Crippen LogP contribution in [0.1, 0.15) is 29.7 Å². The molecule has 1 aliphatic rings. The van der Waals surface area contributed by atoms with Crippen molar-refractivity contribution in [2.24, 2.45) is 11.7 Å². The van der Waals surface area contributed by atoms with Crippen LogP contribution in [0.25, 0.3) is 0 Å². The van der Waals surface area contributed by atoms with E-state index in [1.807, 2.05) is 6.07 Å². The minimum absolute atomic E-state index is 0.300. The van der Waals surface area contributed by atoms with Gasteiger partial charge in [0.1, 0.15) is 0 Å². The Morgan fingerprint density at radius 3 is 2.86 bits per heavy atom. The monoisotopic (exact) mass is 191 g/mol. The van der Waals surface area contributed by atoms with Gasteiger partial charge in [-0.15, -0.1) is 0 Å². The zero-order valence-corrected chi connectivity index (χ0v) is 8.53. The van der Waals surface area contributed by atoms with Crippen molar-refractivity contribution in [3.05, 3.63) is 34.9 Å². The summed E-state index contributed by atoms with van der Waals surface area (Å²) in [6.45, 7) is 2.56. The maximum Gasteiger partial charge on any atom is 0.0912 e. The molecule has 2 unspecified atom stereocenters. The maximum absolute atomic E-state index is 9.60. The van der Waals surface area contributed by atoms with Crippen molar-refractivity contribution in [3.63, 3.8) is 0 Å². The first-order valence-electron chi connectivity index (χ1n) is 5.20. The van der Waals surface area contributed by atoms with Gasteiger partial charge in [-0.2, -0.15) is 0 Å². The van der Waals surface area contributed by atoms with E-state index in [9.17, 15) is 5.11 Å². The lowest BCUT2D eigenvalue weighted by atomic mass is 10.0. The lowest BCUT2D eigenvalue weighted by molar-refractivity contribution is 0.186. The predicted octanol–water partition coefficient (Wildman–Crippen LogP) is 1.41. The third kappa shape index (κ3) is 1.68. The van der Waals surface area contributed by atoms with Crippen LogP contribution in [-0.2, 0) is 12.8 Å². The van der Waals surface area contributed by atoms with Gasteiger partial charge < -0.3 is 10.8 Å². The van der Waals surface area contributed by atoms with E-state index >= 15 is 0 Å². The van der Waals surface area contributed by atoms with E-state index in [0.29, 0.717) is 6.54 Å². The fourth-order valence-electron chi connectivity index (χ4n) is 2.20. The minimum atomic E-state index is -0.504. The molecule has 2 atom stereocenters. The van der Waals surface area contributed by atoms with Crippen LogP contribution in [0.5, 0.6) is 0 Å². The molecule has 0 aromatic heterocycles. The summed E-state index contributed by atoms with van der Waals surface area (Å²) >= 11 is 0. The molecule has 0 fully saturated rings. The summed E-state index contributed by atoms with van der Waals surface area (Å²) in [7, 11) is 0. The molecule has 0 amide bonds. The van der Waals surface area contributed by atoms with E-state index in [4.69, 9.17) is 5.73 Å². The Morgan fingerprint density at radius 2 is 2.14 bits per heavy atom. The Bertz CT molecular complexity index is 335. The molecule has 0 saturated carbocycles.